The molecule has 0 aromatic rings. The Morgan fingerprint density at radius 3 is 2.40 bits per heavy atom. The molecule has 0 aliphatic carbocycles. The second-order valence-corrected chi connectivity index (χ2v) is 1.43. The number of carbonyl (C=O) groups is 1. The Hall–Kier alpha value is -1.52. The number of aliphatic carboxylic acids is 1. The summed E-state index contributed by atoms with van der Waals surface area (Å²) >= 11 is 0. The number of hydrogen-bond acceptors (Lipinski definition) is 4. The van der Waals surface area contributed by atoms with Crippen LogP contribution in [-0.4, -0.2) is 24.4 Å². The van der Waals surface area contributed by atoms with Crippen LogP contribution in [0.25, 0.3) is 0 Å². The maximum atomic E-state index is 10.2. The number of nitrogens with two attached hydrogens (primary N) is 1. The topological polar surface area (TPSA) is 96.4 Å². The Morgan fingerprint density at radius 1 is 1.80 bits per heavy atom. The van der Waals surface area contributed by atoms with Gasteiger partial charge in [-0.15, -0.1) is 0 Å². The van der Waals surface area contributed by atoms with Gasteiger partial charge in [-0.3, -0.25) is 0 Å². The molecule has 0 aliphatic heterocycles. The summed E-state index contributed by atoms with van der Waals surface area (Å²) in [5.41, 5.74) is 4.71. The quantitative estimate of drug-likeness (QED) is 0.283. The molecule has 0 saturated heterocycles. The minimum Gasteiger partial charge on any atom is -0.482 e. The van der Waals surface area contributed by atoms with Crippen LogP contribution in [0.3, 0.4) is 0 Å². The van der Waals surface area contributed by atoms with Crippen molar-refractivity contribution in [1.82, 2.24) is 0 Å². The molecule has 0 aromatic heterocycles. The van der Waals surface area contributed by atoms with Crippen LogP contribution in [0.5, 0.6) is 0 Å². The molecular formula is C5H8N2O3. The summed E-state index contributed by atoms with van der Waals surface area (Å²) in [6.45, 7) is 0. The summed E-state index contributed by atoms with van der Waals surface area (Å²) in [5.74, 6) is -1.53. The first-order chi connectivity index (χ1) is 4.63. The number of carboxylic acids is 1. The maximum absolute atomic E-state index is 10.2. The van der Waals surface area contributed by atoms with Crippen molar-refractivity contribution in [3.05, 3.63) is 11.5 Å². The molecule has 0 heterocycles. The van der Waals surface area contributed by atoms with E-state index in [1.165, 1.54) is 7.11 Å². The zero-order chi connectivity index (χ0) is 8.15. The number of nitrogens with one attached hydrogen (secondary N) is 1. The van der Waals surface area contributed by atoms with Gasteiger partial charge in [-0.1, -0.05) is 0 Å². The molecule has 0 spiro atoms. The van der Waals surface area contributed by atoms with E-state index in [2.05, 4.69) is 4.74 Å². The fraction of sp³-hybridized carbons (Fsp3) is 0.200. The fourth-order valence-electron chi connectivity index (χ4n) is 0.348. The van der Waals surface area contributed by atoms with Crippen molar-refractivity contribution in [3.63, 3.8) is 0 Å². The lowest BCUT2D eigenvalue weighted by Gasteiger charge is -1.99. The molecule has 0 unspecified atom stereocenters. The van der Waals surface area contributed by atoms with Crippen molar-refractivity contribution >= 4 is 12.2 Å². The summed E-state index contributed by atoms with van der Waals surface area (Å²) in [6.07, 6.45) is 0.626. The molecule has 4 N–H and O–H groups in total. The van der Waals surface area contributed by atoms with Crippen LogP contribution >= 0.6 is 0 Å². The predicted octanol–water partition coefficient (Wildman–Crippen LogP) is -0.463. The monoisotopic (exact) mass is 144 g/mol. The number of hydrogen-bond donors (Lipinski definition) is 3. The molecule has 0 aliphatic rings. The number of rotatable bonds is 3. The van der Waals surface area contributed by atoms with Crippen molar-refractivity contribution in [2.24, 2.45) is 5.73 Å². The van der Waals surface area contributed by atoms with E-state index in [1.54, 1.807) is 0 Å². The third-order valence-corrected chi connectivity index (χ3v) is 0.860. The smallest absolute Gasteiger partial charge is 0.342 e. The van der Waals surface area contributed by atoms with Gasteiger partial charge in [0.05, 0.1) is 7.11 Å². The first-order valence-corrected chi connectivity index (χ1v) is 2.41. The Labute approximate surface area is 57.6 Å². The number of methoxy groups -OCH3 is 1. The second kappa shape index (κ2) is 3.49. The van der Waals surface area contributed by atoms with Crippen LogP contribution in [0.1, 0.15) is 0 Å². The lowest BCUT2D eigenvalue weighted by atomic mass is 10.3. The van der Waals surface area contributed by atoms with Crippen molar-refractivity contribution in [3.8, 4) is 0 Å². The van der Waals surface area contributed by atoms with Crippen LogP contribution in [0, 0.1) is 5.41 Å². The molecule has 10 heavy (non-hydrogen) atoms. The van der Waals surface area contributed by atoms with Gasteiger partial charge in [-0.25, -0.2) is 4.79 Å². The Bertz CT molecular complexity index is 185. The molecule has 0 bridgehead atoms. The highest BCUT2D eigenvalue weighted by molar-refractivity contribution is 6.07. The minimum atomic E-state index is -1.27. The van der Waals surface area contributed by atoms with Crippen molar-refractivity contribution < 1.29 is 14.6 Å². The summed E-state index contributed by atoms with van der Waals surface area (Å²) < 4.78 is 4.39. The SMILES string of the molecule is COC(N)=C(C=N)C(=O)O. The van der Waals surface area contributed by atoms with E-state index in [0.29, 0.717) is 6.21 Å². The maximum Gasteiger partial charge on any atom is 0.342 e. The van der Waals surface area contributed by atoms with Gasteiger partial charge in [0.1, 0.15) is 5.57 Å². The molecule has 56 valence electrons. The Balaban J connectivity index is 4.62. The highest BCUT2D eigenvalue weighted by Crippen LogP contribution is 1.95. The Morgan fingerprint density at radius 2 is 2.30 bits per heavy atom. The van der Waals surface area contributed by atoms with Gasteiger partial charge in [0.25, 0.3) is 0 Å². The van der Waals surface area contributed by atoms with E-state index >= 15 is 0 Å². The predicted molar refractivity (Wildman–Crippen MR) is 34.6 cm³/mol. The number of ether oxygens (including phenoxy) is 1. The van der Waals surface area contributed by atoms with Gasteiger partial charge in [0.15, 0.2) is 5.88 Å². The van der Waals surface area contributed by atoms with Crippen LogP contribution < -0.4 is 5.73 Å². The molecule has 0 rings (SSSR count). The summed E-state index contributed by atoms with van der Waals surface area (Å²) in [5, 5.41) is 14.9. The van der Waals surface area contributed by atoms with Crippen LogP contribution in [0.4, 0.5) is 0 Å². The molecule has 0 atom stereocenters. The van der Waals surface area contributed by atoms with Crippen molar-refractivity contribution in [2.75, 3.05) is 7.11 Å². The molecule has 0 aromatic carbocycles. The van der Waals surface area contributed by atoms with E-state index in [0.717, 1.165) is 0 Å². The summed E-state index contributed by atoms with van der Waals surface area (Å²) in [6, 6.07) is 0. The first-order valence-electron chi connectivity index (χ1n) is 2.41. The zero-order valence-electron chi connectivity index (χ0n) is 5.42. The molecule has 0 radical (unpaired) electrons. The van der Waals surface area contributed by atoms with E-state index in [4.69, 9.17) is 16.2 Å². The van der Waals surface area contributed by atoms with E-state index < -0.39 is 5.97 Å². The van der Waals surface area contributed by atoms with E-state index in [1.807, 2.05) is 0 Å². The van der Waals surface area contributed by atoms with Crippen LogP contribution in [0.15, 0.2) is 11.5 Å². The summed E-state index contributed by atoms with van der Waals surface area (Å²) in [7, 11) is 1.24. The van der Waals surface area contributed by atoms with Gasteiger partial charge < -0.3 is 21.0 Å². The van der Waals surface area contributed by atoms with Gasteiger partial charge in [-0.2, -0.15) is 0 Å². The standard InChI is InChI=1S/C5H8N2O3/c1-10-4(7)3(2-6)5(8)9/h2,6H,7H2,1H3,(H,8,9). The first kappa shape index (κ1) is 8.48. The van der Waals surface area contributed by atoms with E-state index in [-0.39, 0.29) is 11.5 Å². The highest BCUT2D eigenvalue weighted by atomic mass is 16.5. The highest BCUT2D eigenvalue weighted by Gasteiger charge is 2.08. The van der Waals surface area contributed by atoms with Gasteiger partial charge in [0.2, 0.25) is 0 Å². The minimum absolute atomic E-state index is 0.262. The Kier molecular flexibility index (Phi) is 2.96. The molecule has 0 amide bonds. The van der Waals surface area contributed by atoms with Gasteiger partial charge in [0, 0.05) is 6.21 Å². The van der Waals surface area contributed by atoms with Crippen LogP contribution in [-0.2, 0) is 9.53 Å². The molecular weight excluding hydrogens is 136 g/mol. The lowest BCUT2D eigenvalue weighted by molar-refractivity contribution is -0.132. The molecule has 5 heteroatoms. The van der Waals surface area contributed by atoms with Crippen molar-refractivity contribution in [1.29, 1.82) is 5.41 Å². The van der Waals surface area contributed by atoms with E-state index in [9.17, 15) is 4.79 Å². The number of carboxylic acid groups (broad SMARTS) is 1. The zero-order valence-corrected chi connectivity index (χ0v) is 5.42. The summed E-state index contributed by atoms with van der Waals surface area (Å²) in [4.78, 5) is 10.2. The van der Waals surface area contributed by atoms with Gasteiger partial charge in [-0.05, 0) is 0 Å². The normalized spacial score (nSPS) is 11.7. The lowest BCUT2D eigenvalue weighted by Crippen LogP contribution is -2.12. The average molecular weight is 144 g/mol. The second-order valence-electron chi connectivity index (χ2n) is 1.43. The molecule has 5 nitrogen and oxygen atoms in total. The van der Waals surface area contributed by atoms with Crippen molar-refractivity contribution in [2.45, 2.75) is 0 Å². The van der Waals surface area contributed by atoms with Crippen LogP contribution in [0.2, 0.25) is 0 Å². The molecule has 0 saturated carbocycles. The fourth-order valence-corrected chi connectivity index (χ4v) is 0.348. The largest absolute Gasteiger partial charge is 0.482 e. The molecule has 0 fully saturated rings. The average Bonchev–Trinajstić information content (AvgIpc) is 1.88. The third-order valence-electron chi connectivity index (χ3n) is 0.860. The van der Waals surface area contributed by atoms with Gasteiger partial charge >= 0.3 is 5.97 Å². The third kappa shape index (κ3) is 1.77.